The van der Waals surface area contributed by atoms with Gasteiger partial charge < -0.3 is 4.74 Å². The lowest BCUT2D eigenvalue weighted by Crippen LogP contribution is -2.30. The fraction of sp³-hybridized carbons (Fsp3) is 0.452. The van der Waals surface area contributed by atoms with Crippen LogP contribution >= 0.6 is 0 Å². The molecule has 2 aromatic carbocycles. The molecule has 0 spiro atoms. The van der Waals surface area contributed by atoms with Crippen LogP contribution in [-0.4, -0.2) is 5.97 Å². The van der Waals surface area contributed by atoms with E-state index in [0.717, 1.165) is 24.2 Å². The second kappa shape index (κ2) is 11.8. The van der Waals surface area contributed by atoms with Gasteiger partial charge in [-0.3, -0.25) is 0 Å². The Morgan fingerprint density at radius 2 is 1.60 bits per heavy atom. The minimum atomic E-state index is -1.13. The summed E-state index contributed by atoms with van der Waals surface area (Å²) in [6.07, 6.45) is 14.7. The first-order chi connectivity index (χ1) is 17.0. The van der Waals surface area contributed by atoms with E-state index >= 15 is 0 Å². The van der Waals surface area contributed by atoms with Crippen LogP contribution in [0.15, 0.2) is 61.7 Å². The van der Waals surface area contributed by atoms with Crippen molar-refractivity contribution >= 4 is 5.97 Å². The van der Waals surface area contributed by atoms with E-state index in [1.54, 1.807) is 18.2 Å². The van der Waals surface area contributed by atoms with Crippen molar-refractivity contribution in [2.45, 2.75) is 70.1 Å². The van der Waals surface area contributed by atoms with Crippen LogP contribution in [0.2, 0.25) is 0 Å². The lowest BCUT2D eigenvalue weighted by molar-refractivity contribution is 0.0726. The maximum absolute atomic E-state index is 14.4. The predicted octanol–water partition coefficient (Wildman–Crippen LogP) is 8.57. The molecule has 0 amide bonds. The number of carbonyl (C=O) groups is 1. The first kappa shape index (κ1) is 25.3. The molecule has 2 aromatic rings. The number of halogens is 2. The highest BCUT2D eigenvalue weighted by atomic mass is 19.2. The molecule has 0 radical (unpaired) electrons. The summed E-state index contributed by atoms with van der Waals surface area (Å²) < 4.78 is 33.9. The normalized spacial score (nSPS) is 23.8. The zero-order valence-corrected chi connectivity index (χ0v) is 20.5. The van der Waals surface area contributed by atoms with Crippen LogP contribution in [0.25, 0.3) is 0 Å². The number of ether oxygens (including phenoxy) is 1. The molecular formula is C31H36F2O2. The number of rotatable bonds is 9. The molecule has 2 nitrogen and oxygen atoms in total. The Labute approximate surface area is 208 Å². The van der Waals surface area contributed by atoms with Crippen LogP contribution in [0, 0.1) is 29.4 Å². The Hall–Kier alpha value is -2.75. The fourth-order valence-corrected chi connectivity index (χ4v) is 6.06. The highest BCUT2D eigenvalue weighted by Crippen LogP contribution is 2.48. The average Bonchev–Trinajstić information content (AvgIpc) is 2.89. The number of esters is 1. The van der Waals surface area contributed by atoms with Gasteiger partial charge in [-0.15, -0.1) is 13.2 Å². The topological polar surface area (TPSA) is 26.3 Å². The molecule has 0 heterocycles. The number of carbonyl (C=O) groups excluding carboxylic acids is 1. The summed E-state index contributed by atoms with van der Waals surface area (Å²) in [6, 6.07) is 10.2. The van der Waals surface area contributed by atoms with Gasteiger partial charge in [0.05, 0.1) is 5.56 Å². The summed E-state index contributed by atoms with van der Waals surface area (Å²) in [5.74, 6) is -0.159. The summed E-state index contributed by atoms with van der Waals surface area (Å²) in [5.41, 5.74) is 1.82. The third-order valence-corrected chi connectivity index (χ3v) is 8.07. The Kier molecular flexibility index (Phi) is 8.54. The first-order valence-electron chi connectivity index (χ1n) is 13.0. The summed E-state index contributed by atoms with van der Waals surface area (Å²) in [7, 11) is 0. The standard InChI is InChI=1S/C31H36F2O2/c1-3-5-7-21-9-10-27-20-26(16-15-25(27)19-21)22-11-13-24(14-12-22)31(34)35-28-18-17-23(8-6-4-2)29(32)30(28)33/h3-4,11-14,17-18,21,25-27H,1-2,5-10,15-16,19-20H2. The number of fused-ring (bicyclic) bond motifs is 1. The van der Waals surface area contributed by atoms with E-state index in [1.807, 2.05) is 18.2 Å². The van der Waals surface area contributed by atoms with Crippen molar-refractivity contribution in [1.82, 2.24) is 0 Å². The third-order valence-electron chi connectivity index (χ3n) is 8.07. The van der Waals surface area contributed by atoms with E-state index in [-0.39, 0.29) is 11.3 Å². The maximum Gasteiger partial charge on any atom is 0.343 e. The Morgan fingerprint density at radius 1 is 0.886 bits per heavy atom. The third kappa shape index (κ3) is 6.09. The fourth-order valence-electron chi connectivity index (χ4n) is 6.06. The molecule has 0 bridgehead atoms. The van der Waals surface area contributed by atoms with Gasteiger partial charge in [0.15, 0.2) is 11.6 Å². The molecule has 186 valence electrons. The van der Waals surface area contributed by atoms with E-state index in [9.17, 15) is 13.6 Å². The summed E-state index contributed by atoms with van der Waals surface area (Å²) in [4.78, 5) is 12.6. The van der Waals surface area contributed by atoms with Crippen molar-refractivity contribution in [2.24, 2.45) is 17.8 Å². The molecule has 0 aromatic heterocycles. The number of hydrogen-bond acceptors (Lipinski definition) is 2. The minimum Gasteiger partial charge on any atom is -0.420 e. The number of benzene rings is 2. The second-order valence-electron chi connectivity index (χ2n) is 10.3. The van der Waals surface area contributed by atoms with Crippen LogP contribution in [0.3, 0.4) is 0 Å². The van der Waals surface area contributed by atoms with Crippen LogP contribution in [0.4, 0.5) is 8.78 Å². The molecule has 35 heavy (non-hydrogen) atoms. The van der Waals surface area contributed by atoms with Gasteiger partial charge >= 0.3 is 5.97 Å². The molecule has 2 saturated carbocycles. The van der Waals surface area contributed by atoms with Crippen molar-refractivity contribution in [3.8, 4) is 5.75 Å². The van der Waals surface area contributed by atoms with Crippen molar-refractivity contribution < 1.29 is 18.3 Å². The largest absolute Gasteiger partial charge is 0.420 e. The SMILES string of the molecule is C=CCCc1ccc(OC(=O)c2ccc(C3CCC4CC(CCC=C)CCC4C3)cc2)c(F)c1F. The molecule has 2 aliphatic carbocycles. The van der Waals surface area contributed by atoms with Crippen molar-refractivity contribution in [2.75, 3.05) is 0 Å². The van der Waals surface area contributed by atoms with Crippen molar-refractivity contribution in [1.29, 1.82) is 0 Å². The molecular weight excluding hydrogens is 442 g/mol. The molecule has 0 saturated heterocycles. The quantitative estimate of drug-likeness (QED) is 0.205. The van der Waals surface area contributed by atoms with Gasteiger partial charge in [0, 0.05) is 0 Å². The molecule has 2 fully saturated rings. The molecule has 0 N–H and O–H groups in total. The Bertz CT molecular complexity index is 1040. The van der Waals surface area contributed by atoms with Crippen LogP contribution in [0.1, 0.15) is 85.2 Å². The average molecular weight is 479 g/mol. The minimum absolute atomic E-state index is 0.242. The van der Waals surface area contributed by atoms with Gasteiger partial charge in [-0.2, -0.15) is 4.39 Å². The van der Waals surface area contributed by atoms with E-state index in [0.29, 0.717) is 24.3 Å². The summed E-state index contributed by atoms with van der Waals surface area (Å²) in [6.45, 7) is 7.46. The summed E-state index contributed by atoms with van der Waals surface area (Å²) in [5, 5.41) is 0. The monoisotopic (exact) mass is 478 g/mol. The zero-order valence-electron chi connectivity index (χ0n) is 20.5. The van der Waals surface area contributed by atoms with Gasteiger partial charge in [0.2, 0.25) is 5.82 Å². The maximum atomic E-state index is 14.4. The van der Waals surface area contributed by atoms with Crippen LogP contribution < -0.4 is 4.74 Å². The van der Waals surface area contributed by atoms with Gasteiger partial charge in [-0.05, 0) is 111 Å². The number of allylic oxidation sites excluding steroid dienone is 2. The lowest BCUT2D eigenvalue weighted by Gasteiger charge is -2.42. The molecule has 4 heteroatoms. The van der Waals surface area contributed by atoms with Gasteiger partial charge in [-0.1, -0.05) is 36.8 Å². The molecule has 4 rings (SSSR count). The van der Waals surface area contributed by atoms with Crippen LogP contribution in [-0.2, 0) is 6.42 Å². The van der Waals surface area contributed by atoms with Gasteiger partial charge in [-0.25, -0.2) is 9.18 Å². The molecule has 2 aliphatic rings. The molecule has 4 unspecified atom stereocenters. The number of aryl methyl sites for hydroxylation is 1. The van der Waals surface area contributed by atoms with Gasteiger partial charge in [0.1, 0.15) is 0 Å². The van der Waals surface area contributed by atoms with Gasteiger partial charge in [0.25, 0.3) is 0 Å². The predicted molar refractivity (Wildman–Crippen MR) is 137 cm³/mol. The van der Waals surface area contributed by atoms with E-state index in [4.69, 9.17) is 4.74 Å². The smallest absolute Gasteiger partial charge is 0.343 e. The van der Waals surface area contributed by atoms with Crippen LogP contribution in [0.5, 0.6) is 5.75 Å². The van der Waals surface area contributed by atoms with E-state index < -0.39 is 17.6 Å². The van der Waals surface area contributed by atoms with E-state index in [1.165, 1.54) is 62.6 Å². The van der Waals surface area contributed by atoms with Crippen molar-refractivity contribution in [3.05, 3.63) is 90.0 Å². The lowest BCUT2D eigenvalue weighted by atomic mass is 9.63. The Balaban J connectivity index is 1.35. The highest BCUT2D eigenvalue weighted by molar-refractivity contribution is 5.91. The van der Waals surface area contributed by atoms with E-state index in [2.05, 4.69) is 13.2 Å². The summed E-state index contributed by atoms with van der Waals surface area (Å²) >= 11 is 0. The Morgan fingerprint density at radius 3 is 2.34 bits per heavy atom. The second-order valence-corrected chi connectivity index (χ2v) is 10.3. The number of hydrogen-bond donors (Lipinski definition) is 0. The highest BCUT2D eigenvalue weighted by Gasteiger charge is 2.35. The molecule has 4 atom stereocenters. The zero-order chi connectivity index (χ0) is 24.8. The van der Waals surface area contributed by atoms with Crippen molar-refractivity contribution in [3.63, 3.8) is 0 Å². The molecule has 0 aliphatic heterocycles. The first-order valence-corrected chi connectivity index (χ1v) is 13.0.